The Hall–Kier alpha value is -0.910. The Morgan fingerprint density at radius 3 is 2.70 bits per heavy atom. The van der Waals surface area contributed by atoms with Crippen molar-refractivity contribution in [2.24, 2.45) is 0 Å². The van der Waals surface area contributed by atoms with E-state index in [-0.39, 0.29) is 12.7 Å². The van der Waals surface area contributed by atoms with E-state index in [1.807, 2.05) is 6.07 Å². The largest absolute Gasteiger partial charge is 0.480 e. The number of hydrogen-bond donors (Lipinski definition) is 1. The molecule has 5 heteroatoms. The average molecular weight is 342 g/mol. The molecule has 0 radical (unpaired) electrons. The molecule has 1 saturated heterocycles. The predicted octanol–water partition coefficient (Wildman–Crippen LogP) is 3.08. The highest BCUT2D eigenvalue weighted by Gasteiger charge is 2.25. The molecule has 1 fully saturated rings. The van der Waals surface area contributed by atoms with E-state index in [1.54, 1.807) is 0 Å². The Labute approximate surface area is 127 Å². The number of nitrogens with zero attached hydrogens (tertiary/aromatic N) is 1. The first-order valence-electron chi connectivity index (χ1n) is 6.90. The highest BCUT2D eigenvalue weighted by molar-refractivity contribution is 9.10. The van der Waals surface area contributed by atoms with Crippen molar-refractivity contribution in [2.75, 3.05) is 19.7 Å². The zero-order chi connectivity index (χ0) is 14.5. The fourth-order valence-corrected chi connectivity index (χ4v) is 3.25. The van der Waals surface area contributed by atoms with Crippen LogP contribution in [0.2, 0.25) is 0 Å². The summed E-state index contributed by atoms with van der Waals surface area (Å²) in [5.41, 5.74) is 1.29. The molecule has 1 aliphatic heterocycles. The summed E-state index contributed by atoms with van der Waals surface area (Å²) < 4.78 is 6.50. The molecule has 1 heterocycles. The molecule has 0 amide bonds. The fourth-order valence-electron chi connectivity index (χ4n) is 2.63. The number of benzene rings is 1. The van der Waals surface area contributed by atoms with Gasteiger partial charge in [-0.25, -0.2) is 4.79 Å². The van der Waals surface area contributed by atoms with Crippen molar-refractivity contribution < 1.29 is 14.6 Å². The summed E-state index contributed by atoms with van der Waals surface area (Å²) in [7, 11) is 0. The van der Waals surface area contributed by atoms with Gasteiger partial charge >= 0.3 is 5.97 Å². The quantitative estimate of drug-likeness (QED) is 0.894. The molecular formula is C15H20BrNO3. The minimum atomic E-state index is -0.894. The summed E-state index contributed by atoms with van der Waals surface area (Å²) in [5, 5.41) is 8.62. The van der Waals surface area contributed by atoms with E-state index in [4.69, 9.17) is 9.84 Å². The van der Waals surface area contributed by atoms with E-state index < -0.39 is 5.97 Å². The predicted molar refractivity (Wildman–Crippen MR) is 80.7 cm³/mol. The first-order valence-corrected chi connectivity index (χ1v) is 7.69. The maximum Gasteiger partial charge on any atom is 0.329 e. The highest BCUT2D eigenvalue weighted by atomic mass is 79.9. The van der Waals surface area contributed by atoms with Crippen LogP contribution >= 0.6 is 15.9 Å². The number of hydrogen-bond acceptors (Lipinski definition) is 3. The Bertz CT molecular complexity index is 458. The Morgan fingerprint density at radius 2 is 2.10 bits per heavy atom. The van der Waals surface area contributed by atoms with Crippen LogP contribution in [0.15, 0.2) is 28.7 Å². The molecule has 1 aromatic carbocycles. The van der Waals surface area contributed by atoms with Crippen molar-refractivity contribution in [2.45, 2.75) is 31.9 Å². The van der Waals surface area contributed by atoms with E-state index in [1.165, 1.54) is 5.56 Å². The van der Waals surface area contributed by atoms with E-state index in [9.17, 15) is 4.79 Å². The topological polar surface area (TPSA) is 49.8 Å². The molecule has 1 aliphatic rings. The second-order valence-electron chi connectivity index (χ2n) is 5.14. The minimum absolute atomic E-state index is 0.0776. The smallest absolute Gasteiger partial charge is 0.329 e. The number of aliphatic carboxylic acids is 1. The third-order valence-corrected chi connectivity index (χ3v) is 4.54. The summed E-state index contributed by atoms with van der Waals surface area (Å²) in [5.74, 6) is -0.894. The second-order valence-corrected chi connectivity index (χ2v) is 5.99. The first-order chi connectivity index (χ1) is 9.58. The van der Waals surface area contributed by atoms with Gasteiger partial charge in [-0.2, -0.15) is 0 Å². The number of likely N-dealkylation sites (tertiary alicyclic amines) is 1. The molecule has 1 aromatic rings. The number of carboxylic acid groups (broad SMARTS) is 1. The maximum absolute atomic E-state index is 10.5. The van der Waals surface area contributed by atoms with Crippen molar-refractivity contribution in [3.05, 3.63) is 34.3 Å². The molecule has 110 valence electrons. The first kappa shape index (κ1) is 15.5. The third-order valence-electron chi connectivity index (χ3n) is 3.82. The van der Waals surface area contributed by atoms with Crippen LogP contribution in [0, 0.1) is 0 Å². The molecule has 0 spiro atoms. The Morgan fingerprint density at radius 1 is 1.45 bits per heavy atom. The van der Waals surface area contributed by atoms with Gasteiger partial charge in [0, 0.05) is 23.6 Å². The van der Waals surface area contributed by atoms with Gasteiger partial charge in [0.1, 0.15) is 6.61 Å². The minimum Gasteiger partial charge on any atom is -0.480 e. The number of ether oxygens (including phenoxy) is 1. The SMILES string of the molecule is CC(c1ccccc1Br)N1CCC(OCC(=O)O)CC1. The van der Waals surface area contributed by atoms with Gasteiger partial charge in [-0.3, -0.25) is 4.90 Å². The van der Waals surface area contributed by atoms with E-state index in [2.05, 4.69) is 46.0 Å². The zero-order valence-electron chi connectivity index (χ0n) is 11.6. The van der Waals surface area contributed by atoms with Gasteiger partial charge in [0.2, 0.25) is 0 Å². The van der Waals surface area contributed by atoms with Crippen LogP contribution in [0.5, 0.6) is 0 Å². The van der Waals surface area contributed by atoms with E-state index >= 15 is 0 Å². The van der Waals surface area contributed by atoms with Gasteiger partial charge in [-0.05, 0) is 31.4 Å². The van der Waals surface area contributed by atoms with Crippen LogP contribution in [0.1, 0.15) is 31.4 Å². The molecule has 0 aromatic heterocycles. The monoisotopic (exact) mass is 341 g/mol. The highest BCUT2D eigenvalue weighted by Crippen LogP contribution is 2.29. The lowest BCUT2D eigenvalue weighted by molar-refractivity contribution is -0.145. The lowest BCUT2D eigenvalue weighted by Crippen LogP contribution is -2.39. The Kier molecular flexibility index (Phi) is 5.57. The number of carboxylic acids is 1. The van der Waals surface area contributed by atoms with Crippen LogP contribution in [-0.4, -0.2) is 41.8 Å². The van der Waals surface area contributed by atoms with Crippen LogP contribution in [-0.2, 0) is 9.53 Å². The number of rotatable bonds is 5. The van der Waals surface area contributed by atoms with Gasteiger partial charge < -0.3 is 9.84 Å². The van der Waals surface area contributed by atoms with Crippen molar-refractivity contribution in [3.8, 4) is 0 Å². The molecule has 1 unspecified atom stereocenters. The molecule has 20 heavy (non-hydrogen) atoms. The van der Waals surface area contributed by atoms with Crippen LogP contribution < -0.4 is 0 Å². The van der Waals surface area contributed by atoms with Gasteiger partial charge in [0.25, 0.3) is 0 Å². The molecular weight excluding hydrogens is 322 g/mol. The van der Waals surface area contributed by atoms with Crippen LogP contribution in [0.25, 0.3) is 0 Å². The van der Waals surface area contributed by atoms with E-state index in [0.717, 1.165) is 30.4 Å². The molecule has 0 aliphatic carbocycles. The lowest BCUT2D eigenvalue weighted by Gasteiger charge is -2.36. The van der Waals surface area contributed by atoms with Crippen LogP contribution in [0.3, 0.4) is 0 Å². The number of piperidine rings is 1. The zero-order valence-corrected chi connectivity index (χ0v) is 13.2. The summed E-state index contributed by atoms with van der Waals surface area (Å²) in [4.78, 5) is 12.9. The van der Waals surface area contributed by atoms with Gasteiger partial charge in [0.15, 0.2) is 0 Å². The molecule has 2 rings (SSSR count). The molecule has 1 N–H and O–H groups in total. The van der Waals surface area contributed by atoms with Crippen molar-refractivity contribution in [1.29, 1.82) is 0 Å². The van der Waals surface area contributed by atoms with Gasteiger partial charge in [-0.15, -0.1) is 0 Å². The third kappa shape index (κ3) is 4.04. The Balaban J connectivity index is 1.87. The summed E-state index contributed by atoms with van der Waals surface area (Å²) >= 11 is 3.60. The van der Waals surface area contributed by atoms with Gasteiger partial charge in [0.05, 0.1) is 6.10 Å². The standard InChI is InChI=1S/C15H20BrNO3/c1-11(13-4-2-3-5-14(13)16)17-8-6-12(7-9-17)20-10-15(18)19/h2-5,11-12H,6-10H2,1H3,(H,18,19). The fraction of sp³-hybridized carbons (Fsp3) is 0.533. The molecule has 1 atom stereocenters. The molecule has 0 bridgehead atoms. The summed E-state index contributed by atoms with van der Waals surface area (Å²) in [6.07, 6.45) is 1.86. The van der Waals surface area contributed by atoms with Gasteiger partial charge in [-0.1, -0.05) is 34.1 Å². The average Bonchev–Trinajstić information content (AvgIpc) is 2.45. The maximum atomic E-state index is 10.5. The molecule has 4 nitrogen and oxygen atoms in total. The lowest BCUT2D eigenvalue weighted by atomic mass is 10.0. The van der Waals surface area contributed by atoms with E-state index in [0.29, 0.717) is 6.04 Å². The number of carbonyl (C=O) groups is 1. The van der Waals surface area contributed by atoms with Crippen molar-refractivity contribution >= 4 is 21.9 Å². The normalized spacial score (nSPS) is 18.9. The number of halogens is 1. The van der Waals surface area contributed by atoms with Crippen molar-refractivity contribution in [1.82, 2.24) is 4.90 Å². The van der Waals surface area contributed by atoms with Crippen LogP contribution in [0.4, 0.5) is 0 Å². The summed E-state index contributed by atoms with van der Waals surface area (Å²) in [6, 6.07) is 8.63. The summed E-state index contributed by atoms with van der Waals surface area (Å²) in [6.45, 7) is 3.89. The second kappa shape index (κ2) is 7.20. The molecule has 0 saturated carbocycles. The van der Waals surface area contributed by atoms with Crippen molar-refractivity contribution in [3.63, 3.8) is 0 Å².